The highest BCUT2D eigenvalue weighted by Gasteiger charge is 2.27. The highest BCUT2D eigenvalue weighted by Crippen LogP contribution is 2.11. The molecule has 0 bridgehead atoms. The van der Waals surface area contributed by atoms with Crippen LogP contribution in [0.15, 0.2) is 30.3 Å². The largest absolute Gasteiger partial charge is 0.459 e. The smallest absolute Gasteiger partial charge is 0.326 e. The van der Waals surface area contributed by atoms with E-state index in [4.69, 9.17) is 10.5 Å². The number of carbonyl (C=O) groups is 1. The van der Waals surface area contributed by atoms with Gasteiger partial charge in [-0.25, -0.2) is 0 Å². The Hall–Kier alpha value is -1.39. The average Bonchev–Trinajstić information content (AvgIpc) is 2.34. The van der Waals surface area contributed by atoms with Crippen molar-refractivity contribution in [2.24, 2.45) is 5.73 Å². The second kappa shape index (κ2) is 6.68. The van der Waals surface area contributed by atoms with E-state index in [2.05, 4.69) is 0 Å². The summed E-state index contributed by atoms with van der Waals surface area (Å²) >= 11 is 0. The molecular formula is C15H23NO3. The zero-order valence-electron chi connectivity index (χ0n) is 11.8. The molecule has 4 heteroatoms. The minimum Gasteiger partial charge on any atom is -0.459 e. The molecule has 3 N–H and O–H groups in total. The molecule has 1 aromatic rings. The zero-order valence-corrected chi connectivity index (χ0v) is 11.8. The molecule has 2 atom stereocenters. The van der Waals surface area contributed by atoms with Crippen LogP contribution in [0.25, 0.3) is 0 Å². The third kappa shape index (κ3) is 5.85. The molecule has 0 aliphatic carbocycles. The van der Waals surface area contributed by atoms with Crippen LogP contribution in [0.1, 0.15) is 32.8 Å². The second-order valence-corrected chi connectivity index (χ2v) is 5.65. The first kappa shape index (κ1) is 15.7. The van der Waals surface area contributed by atoms with Crippen molar-refractivity contribution in [2.45, 2.75) is 51.4 Å². The number of benzene rings is 1. The Morgan fingerprint density at radius 2 is 1.89 bits per heavy atom. The molecular weight excluding hydrogens is 242 g/mol. The Balaban J connectivity index is 2.44. The van der Waals surface area contributed by atoms with Gasteiger partial charge in [0, 0.05) is 0 Å². The normalized spacial score (nSPS) is 14.8. The van der Waals surface area contributed by atoms with E-state index >= 15 is 0 Å². The minimum atomic E-state index is -0.997. The molecule has 4 nitrogen and oxygen atoms in total. The third-order valence-corrected chi connectivity index (χ3v) is 2.67. The van der Waals surface area contributed by atoms with Gasteiger partial charge in [0.15, 0.2) is 0 Å². The van der Waals surface area contributed by atoms with Gasteiger partial charge in [0.1, 0.15) is 11.6 Å². The van der Waals surface area contributed by atoms with E-state index in [0.29, 0.717) is 12.8 Å². The van der Waals surface area contributed by atoms with Crippen molar-refractivity contribution < 1.29 is 14.6 Å². The van der Waals surface area contributed by atoms with Gasteiger partial charge in [-0.3, -0.25) is 4.79 Å². The summed E-state index contributed by atoms with van der Waals surface area (Å²) in [6.07, 6.45) is 0.221. The van der Waals surface area contributed by atoms with E-state index in [-0.39, 0.29) is 0 Å². The number of aliphatic hydroxyl groups excluding tert-OH is 1. The number of nitrogens with two attached hydrogens (primary N) is 1. The SMILES string of the molecule is CC(C)(C)OC(=O)[C@H](N)[C@@H](O)CCc1ccccc1. The lowest BCUT2D eigenvalue weighted by molar-refractivity contribution is -0.159. The van der Waals surface area contributed by atoms with Gasteiger partial charge in [0.05, 0.1) is 6.10 Å². The first-order valence-corrected chi connectivity index (χ1v) is 6.50. The van der Waals surface area contributed by atoms with E-state index in [1.165, 1.54) is 0 Å². The third-order valence-electron chi connectivity index (χ3n) is 2.67. The molecule has 1 rings (SSSR count). The quantitative estimate of drug-likeness (QED) is 0.794. The predicted molar refractivity (Wildman–Crippen MR) is 74.6 cm³/mol. The van der Waals surface area contributed by atoms with E-state index in [1.807, 2.05) is 30.3 Å². The van der Waals surface area contributed by atoms with Crippen molar-refractivity contribution in [1.29, 1.82) is 0 Å². The summed E-state index contributed by atoms with van der Waals surface area (Å²) in [5.74, 6) is -0.562. The van der Waals surface area contributed by atoms with Crippen molar-refractivity contribution in [3.63, 3.8) is 0 Å². The summed E-state index contributed by atoms with van der Waals surface area (Å²) < 4.78 is 5.15. The summed E-state index contributed by atoms with van der Waals surface area (Å²) in [4.78, 5) is 11.7. The number of hydrogen-bond acceptors (Lipinski definition) is 4. The highest BCUT2D eigenvalue weighted by atomic mass is 16.6. The van der Waals surface area contributed by atoms with Gasteiger partial charge in [-0.05, 0) is 39.2 Å². The molecule has 19 heavy (non-hydrogen) atoms. The molecule has 0 amide bonds. The maximum Gasteiger partial charge on any atom is 0.326 e. The van der Waals surface area contributed by atoms with Crippen molar-refractivity contribution in [1.82, 2.24) is 0 Å². The van der Waals surface area contributed by atoms with E-state index in [9.17, 15) is 9.90 Å². The molecule has 0 unspecified atom stereocenters. The Morgan fingerprint density at radius 3 is 2.42 bits per heavy atom. The Kier molecular flexibility index (Phi) is 5.51. The van der Waals surface area contributed by atoms with Gasteiger partial charge in [0.2, 0.25) is 0 Å². The lowest BCUT2D eigenvalue weighted by atomic mass is 10.0. The number of hydrogen-bond donors (Lipinski definition) is 2. The first-order chi connectivity index (χ1) is 8.79. The molecule has 0 radical (unpaired) electrons. The van der Waals surface area contributed by atoms with Crippen LogP contribution in [-0.4, -0.2) is 28.8 Å². The predicted octanol–water partition coefficient (Wildman–Crippen LogP) is 1.65. The van der Waals surface area contributed by atoms with Crippen LogP contribution in [0.5, 0.6) is 0 Å². The maximum atomic E-state index is 11.7. The monoisotopic (exact) mass is 265 g/mol. The molecule has 0 spiro atoms. The Bertz CT molecular complexity index is 398. The fourth-order valence-corrected chi connectivity index (χ4v) is 1.67. The van der Waals surface area contributed by atoms with Crippen molar-refractivity contribution in [3.05, 3.63) is 35.9 Å². The number of esters is 1. The van der Waals surface area contributed by atoms with E-state index in [0.717, 1.165) is 5.56 Å². The summed E-state index contributed by atoms with van der Waals surface area (Å²) in [6, 6.07) is 8.78. The number of aryl methyl sites for hydroxylation is 1. The fourth-order valence-electron chi connectivity index (χ4n) is 1.67. The Labute approximate surface area is 114 Å². The van der Waals surface area contributed by atoms with Crippen LogP contribution in [-0.2, 0) is 16.0 Å². The zero-order chi connectivity index (χ0) is 14.5. The van der Waals surface area contributed by atoms with Gasteiger partial charge in [-0.2, -0.15) is 0 Å². The second-order valence-electron chi connectivity index (χ2n) is 5.65. The van der Waals surface area contributed by atoms with E-state index in [1.54, 1.807) is 20.8 Å². The first-order valence-electron chi connectivity index (χ1n) is 6.50. The van der Waals surface area contributed by atoms with Crippen LogP contribution in [0.3, 0.4) is 0 Å². The van der Waals surface area contributed by atoms with Crippen LogP contribution < -0.4 is 5.73 Å². The maximum absolute atomic E-state index is 11.7. The van der Waals surface area contributed by atoms with Crippen LogP contribution >= 0.6 is 0 Å². The average molecular weight is 265 g/mol. The van der Waals surface area contributed by atoms with Crippen molar-refractivity contribution >= 4 is 5.97 Å². The molecule has 0 fully saturated rings. The number of ether oxygens (including phenoxy) is 1. The fraction of sp³-hybridized carbons (Fsp3) is 0.533. The molecule has 0 aliphatic heterocycles. The molecule has 106 valence electrons. The topological polar surface area (TPSA) is 72.5 Å². The van der Waals surface area contributed by atoms with Gasteiger partial charge >= 0.3 is 5.97 Å². The Morgan fingerprint density at radius 1 is 1.32 bits per heavy atom. The molecule has 0 aliphatic rings. The van der Waals surface area contributed by atoms with Crippen molar-refractivity contribution in [2.75, 3.05) is 0 Å². The molecule has 0 saturated carbocycles. The van der Waals surface area contributed by atoms with Gasteiger partial charge in [0.25, 0.3) is 0 Å². The van der Waals surface area contributed by atoms with E-state index < -0.39 is 23.7 Å². The van der Waals surface area contributed by atoms with Gasteiger partial charge < -0.3 is 15.6 Å². The van der Waals surface area contributed by atoms with Crippen LogP contribution in [0.2, 0.25) is 0 Å². The number of carbonyl (C=O) groups excluding carboxylic acids is 1. The summed E-state index contributed by atoms with van der Waals surface area (Å²) in [6.45, 7) is 5.32. The molecule has 0 saturated heterocycles. The summed E-state index contributed by atoms with van der Waals surface area (Å²) in [5.41, 5.74) is 6.23. The summed E-state index contributed by atoms with van der Waals surface area (Å²) in [7, 11) is 0. The number of rotatable bonds is 5. The summed E-state index contributed by atoms with van der Waals surface area (Å²) in [5, 5.41) is 9.92. The molecule has 1 aromatic carbocycles. The minimum absolute atomic E-state index is 0.435. The molecule has 0 aromatic heterocycles. The van der Waals surface area contributed by atoms with Crippen LogP contribution in [0.4, 0.5) is 0 Å². The standard InChI is InChI=1S/C15H23NO3/c1-15(2,3)19-14(18)13(16)12(17)10-9-11-7-5-4-6-8-11/h4-8,12-13,17H,9-10,16H2,1-3H3/t12-,13+/m0/s1. The molecule has 0 heterocycles. The number of aliphatic hydroxyl groups is 1. The van der Waals surface area contributed by atoms with Crippen LogP contribution in [0, 0.1) is 0 Å². The van der Waals surface area contributed by atoms with Gasteiger partial charge in [-0.15, -0.1) is 0 Å². The highest BCUT2D eigenvalue weighted by molar-refractivity contribution is 5.76. The van der Waals surface area contributed by atoms with Gasteiger partial charge in [-0.1, -0.05) is 30.3 Å². The lowest BCUT2D eigenvalue weighted by Crippen LogP contribution is -2.45. The van der Waals surface area contributed by atoms with Crippen molar-refractivity contribution in [3.8, 4) is 0 Å². The lowest BCUT2D eigenvalue weighted by Gasteiger charge is -2.24.